The summed E-state index contributed by atoms with van der Waals surface area (Å²) in [6.45, 7) is 4.58. The van der Waals surface area contributed by atoms with Gasteiger partial charge in [-0.1, -0.05) is 20.3 Å². The minimum absolute atomic E-state index is 0.0702. The molecule has 1 aliphatic rings. The van der Waals surface area contributed by atoms with E-state index in [0.717, 1.165) is 6.42 Å². The number of carboxylic acids is 1. The van der Waals surface area contributed by atoms with Gasteiger partial charge in [0, 0.05) is 24.9 Å². The number of aromatic amines is 1. The molecule has 2 heterocycles. The van der Waals surface area contributed by atoms with Gasteiger partial charge in [0.05, 0.1) is 12.4 Å². The summed E-state index contributed by atoms with van der Waals surface area (Å²) in [4.78, 5) is 59.1. The highest BCUT2D eigenvalue weighted by atomic mass is 16.4. The van der Waals surface area contributed by atoms with Crippen molar-refractivity contribution in [3.05, 3.63) is 18.2 Å². The smallest absolute Gasteiger partial charge is 0.326 e. The van der Waals surface area contributed by atoms with Crippen LogP contribution in [0.25, 0.3) is 0 Å². The van der Waals surface area contributed by atoms with Crippen LogP contribution >= 0.6 is 0 Å². The van der Waals surface area contributed by atoms with Crippen LogP contribution < -0.4 is 22.1 Å². The first-order valence-electron chi connectivity index (χ1n) is 12.2. The van der Waals surface area contributed by atoms with Gasteiger partial charge in [-0.2, -0.15) is 0 Å². The van der Waals surface area contributed by atoms with Crippen molar-refractivity contribution in [2.75, 3.05) is 13.1 Å². The lowest BCUT2D eigenvalue weighted by Crippen LogP contribution is -2.57. The molecule has 0 aromatic carbocycles. The molecule has 8 N–H and O–H groups in total. The molecule has 12 nitrogen and oxygen atoms in total. The van der Waals surface area contributed by atoms with Gasteiger partial charge in [-0.05, 0) is 44.6 Å². The first-order chi connectivity index (χ1) is 16.6. The Hall–Kier alpha value is -2.99. The van der Waals surface area contributed by atoms with Crippen molar-refractivity contribution >= 4 is 23.7 Å². The number of unbranched alkanes of at least 4 members (excludes halogenated alkanes) is 1. The van der Waals surface area contributed by atoms with Gasteiger partial charge in [0.1, 0.15) is 18.1 Å². The van der Waals surface area contributed by atoms with Crippen LogP contribution in [0.4, 0.5) is 0 Å². The largest absolute Gasteiger partial charge is 0.480 e. The normalized spacial score (nSPS) is 18.2. The second kappa shape index (κ2) is 13.8. The number of nitrogens with two attached hydrogens (primary N) is 2. The highest BCUT2D eigenvalue weighted by Gasteiger charge is 2.39. The molecule has 1 aromatic heterocycles. The van der Waals surface area contributed by atoms with E-state index >= 15 is 0 Å². The number of imidazole rings is 1. The van der Waals surface area contributed by atoms with Crippen LogP contribution in [0.15, 0.2) is 12.5 Å². The van der Waals surface area contributed by atoms with E-state index < -0.39 is 47.9 Å². The van der Waals surface area contributed by atoms with Crippen molar-refractivity contribution in [2.24, 2.45) is 17.4 Å². The topological polar surface area (TPSA) is 197 Å². The van der Waals surface area contributed by atoms with Crippen LogP contribution in [-0.2, 0) is 25.6 Å². The molecule has 3 amide bonds. The number of aliphatic carboxylic acids is 1. The maximum atomic E-state index is 13.5. The Bertz CT molecular complexity index is 845. The number of carboxylic acid groups (broad SMARTS) is 1. The third-order valence-electron chi connectivity index (χ3n) is 6.06. The van der Waals surface area contributed by atoms with E-state index in [1.54, 1.807) is 6.20 Å². The molecule has 0 radical (unpaired) electrons. The molecule has 1 fully saturated rings. The summed E-state index contributed by atoms with van der Waals surface area (Å²) in [5.41, 5.74) is 12.2. The molecule has 4 atom stereocenters. The van der Waals surface area contributed by atoms with Crippen LogP contribution in [0.2, 0.25) is 0 Å². The summed E-state index contributed by atoms with van der Waals surface area (Å²) < 4.78 is 0. The zero-order chi connectivity index (χ0) is 26.0. The molecule has 1 saturated heterocycles. The predicted molar refractivity (Wildman–Crippen MR) is 129 cm³/mol. The number of nitrogens with one attached hydrogen (secondary N) is 3. The SMILES string of the molecule is CC(C)CC(NC(=O)C1CCCN1C(=O)C(Cc1cnc[nH]1)NC(=O)C(N)CCCCN)C(=O)O. The van der Waals surface area contributed by atoms with Gasteiger partial charge in [0.25, 0.3) is 0 Å². The predicted octanol–water partition coefficient (Wildman–Crippen LogP) is -0.500. The standard InChI is InChI=1S/C23H39N7O5/c1-14(2)10-18(23(34)35)29-21(32)19-7-5-9-30(19)22(33)17(11-15-12-26-13-27-15)28-20(31)16(25)6-3-4-8-24/h12-14,16-19H,3-11,24-25H2,1-2H3,(H,26,27)(H,28,31)(H,29,32)(H,34,35). The summed E-state index contributed by atoms with van der Waals surface area (Å²) in [7, 11) is 0. The van der Waals surface area contributed by atoms with Crippen molar-refractivity contribution < 1.29 is 24.3 Å². The Kier molecular flexibility index (Phi) is 11.1. The first kappa shape index (κ1) is 28.2. The zero-order valence-corrected chi connectivity index (χ0v) is 20.5. The lowest BCUT2D eigenvalue weighted by molar-refractivity contribution is -0.145. The Labute approximate surface area is 205 Å². The third-order valence-corrected chi connectivity index (χ3v) is 6.06. The van der Waals surface area contributed by atoms with Gasteiger partial charge >= 0.3 is 5.97 Å². The molecule has 1 aromatic rings. The zero-order valence-electron chi connectivity index (χ0n) is 20.5. The summed E-state index contributed by atoms with van der Waals surface area (Å²) in [5.74, 6) is -2.43. The maximum Gasteiger partial charge on any atom is 0.326 e. The highest BCUT2D eigenvalue weighted by molar-refractivity contribution is 5.94. The molecular weight excluding hydrogens is 454 g/mol. The summed E-state index contributed by atoms with van der Waals surface area (Å²) >= 11 is 0. The summed E-state index contributed by atoms with van der Waals surface area (Å²) in [6.07, 6.45) is 6.35. The number of hydrogen-bond acceptors (Lipinski definition) is 7. The van der Waals surface area contributed by atoms with Crippen LogP contribution in [0.3, 0.4) is 0 Å². The molecule has 0 aliphatic carbocycles. The molecular formula is C23H39N7O5. The average Bonchev–Trinajstić information content (AvgIpc) is 3.49. The van der Waals surface area contributed by atoms with Gasteiger partial charge in [-0.3, -0.25) is 14.4 Å². The fourth-order valence-corrected chi connectivity index (χ4v) is 4.20. The fraction of sp³-hybridized carbons (Fsp3) is 0.696. The Morgan fingerprint density at radius 1 is 1.23 bits per heavy atom. The van der Waals surface area contributed by atoms with Crippen molar-refractivity contribution in [2.45, 2.75) is 83.0 Å². The van der Waals surface area contributed by atoms with Crippen LogP contribution in [0, 0.1) is 5.92 Å². The molecule has 0 bridgehead atoms. The van der Waals surface area contributed by atoms with Gasteiger partial charge in [-0.15, -0.1) is 0 Å². The molecule has 1 aliphatic heterocycles. The third kappa shape index (κ3) is 8.62. The molecule has 0 spiro atoms. The number of nitrogens with zero attached hydrogens (tertiary/aromatic N) is 2. The molecule has 0 saturated carbocycles. The van der Waals surface area contributed by atoms with E-state index in [0.29, 0.717) is 44.5 Å². The molecule has 4 unspecified atom stereocenters. The molecule has 35 heavy (non-hydrogen) atoms. The van der Waals surface area contributed by atoms with E-state index in [1.165, 1.54) is 11.2 Å². The Morgan fingerprint density at radius 3 is 2.57 bits per heavy atom. The van der Waals surface area contributed by atoms with E-state index in [1.807, 2.05) is 13.8 Å². The maximum absolute atomic E-state index is 13.5. The molecule has 196 valence electrons. The van der Waals surface area contributed by atoms with Crippen molar-refractivity contribution in [3.63, 3.8) is 0 Å². The number of carbonyl (C=O) groups excluding carboxylic acids is 3. The Morgan fingerprint density at radius 2 is 1.97 bits per heavy atom. The van der Waals surface area contributed by atoms with Gasteiger partial charge in [-0.25, -0.2) is 9.78 Å². The summed E-state index contributed by atoms with van der Waals surface area (Å²) in [6, 6.07) is -3.59. The van der Waals surface area contributed by atoms with Crippen molar-refractivity contribution in [1.82, 2.24) is 25.5 Å². The van der Waals surface area contributed by atoms with Gasteiger partial charge in [0.2, 0.25) is 17.7 Å². The number of aromatic nitrogens is 2. The Balaban J connectivity index is 2.13. The second-order valence-electron chi connectivity index (χ2n) is 9.45. The number of amides is 3. The van der Waals surface area contributed by atoms with Crippen LogP contribution in [0.1, 0.15) is 58.1 Å². The lowest BCUT2D eigenvalue weighted by Gasteiger charge is -2.30. The van der Waals surface area contributed by atoms with Crippen LogP contribution in [0.5, 0.6) is 0 Å². The second-order valence-corrected chi connectivity index (χ2v) is 9.45. The molecule has 2 rings (SSSR count). The van der Waals surface area contributed by atoms with Crippen molar-refractivity contribution in [3.8, 4) is 0 Å². The fourth-order valence-electron chi connectivity index (χ4n) is 4.20. The summed E-state index contributed by atoms with van der Waals surface area (Å²) in [5, 5.41) is 14.8. The van der Waals surface area contributed by atoms with E-state index in [9.17, 15) is 24.3 Å². The first-order valence-corrected chi connectivity index (χ1v) is 12.2. The number of H-pyrrole nitrogens is 1. The number of carbonyl (C=O) groups is 4. The number of likely N-dealkylation sites (tertiary alicyclic amines) is 1. The average molecular weight is 494 g/mol. The van der Waals surface area contributed by atoms with Crippen molar-refractivity contribution in [1.29, 1.82) is 0 Å². The lowest BCUT2D eigenvalue weighted by atomic mass is 10.0. The minimum atomic E-state index is -1.11. The monoisotopic (exact) mass is 493 g/mol. The number of hydrogen-bond donors (Lipinski definition) is 6. The van der Waals surface area contributed by atoms with Gasteiger partial charge in [0.15, 0.2) is 0 Å². The quantitative estimate of drug-likeness (QED) is 0.186. The molecule has 12 heteroatoms. The van der Waals surface area contributed by atoms with E-state index in [-0.39, 0.29) is 18.8 Å². The van der Waals surface area contributed by atoms with Gasteiger partial charge < -0.3 is 37.1 Å². The highest BCUT2D eigenvalue weighted by Crippen LogP contribution is 2.20. The number of rotatable bonds is 14. The van der Waals surface area contributed by atoms with Crippen LogP contribution in [-0.4, -0.2) is 80.9 Å². The minimum Gasteiger partial charge on any atom is -0.480 e. The van der Waals surface area contributed by atoms with E-state index in [2.05, 4.69) is 20.6 Å². The van der Waals surface area contributed by atoms with E-state index in [4.69, 9.17) is 11.5 Å².